The minimum atomic E-state index is -0.466. The summed E-state index contributed by atoms with van der Waals surface area (Å²) in [5, 5.41) is 8.36. The number of ether oxygens (including phenoxy) is 1. The van der Waals surface area contributed by atoms with Crippen LogP contribution in [0.25, 0.3) is 0 Å². The minimum Gasteiger partial charge on any atom is -0.497 e. The van der Waals surface area contributed by atoms with Gasteiger partial charge in [0.25, 0.3) is 0 Å². The maximum absolute atomic E-state index is 12.3. The van der Waals surface area contributed by atoms with Gasteiger partial charge >= 0.3 is 0 Å². The maximum Gasteiger partial charge on any atom is 0.226 e. The van der Waals surface area contributed by atoms with Crippen molar-refractivity contribution in [1.29, 1.82) is 0 Å². The number of benzene rings is 2. The molecular formula is C22H26BrN3O4. The van der Waals surface area contributed by atoms with Gasteiger partial charge in [0.2, 0.25) is 17.7 Å². The second kappa shape index (κ2) is 11.3. The molecule has 0 saturated heterocycles. The standard InChI is InChI=1S/C22H26BrN3O4/c1-14-4-7-17(23)12-19(14)26-21(28)10-11-24-22(29)13-20(25-15(2)27)16-5-8-18(30-3)9-6-16/h4-9,12,20H,10-11,13H2,1-3H3,(H,24,29)(H,25,27)(H,26,28). The van der Waals surface area contributed by atoms with E-state index < -0.39 is 6.04 Å². The quantitative estimate of drug-likeness (QED) is 0.517. The third-order valence-corrected chi connectivity index (χ3v) is 4.93. The van der Waals surface area contributed by atoms with Gasteiger partial charge in [-0.25, -0.2) is 0 Å². The summed E-state index contributed by atoms with van der Waals surface area (Å²) in [6.45, 7) is 3.51. The number of anilines is 1. The van der Waals surface area contributed by atoms with Gasteiger partial charge in [0.1, 0.15) is 5.75 Å². The molecule has 0 aliphatic carbocycles. The number of carbonyl (C=O) groups is 3. The van der Waals surface area contributed by atoms with Crippen LogP contribution in [0.15, 0.2) is 46.9 Å². The van der Waals surface area contributed by atoms with Crippen molar-refractivity contribution in [3.63, 3.8) is 0 Å². The molecule has 2 rings (SSSR count). The van der Waals surface area contributed by atoms with Gasteiger partial charge in [0, 0.05) is 30.0 Å². The Labute approximate surface area is 184 Å². The largest absolute Gasteiger partial charge is 0.497 e. The summed E-state index contributed by atoms with van der Waals surface area (Å²) in [6, 6.07) is 12.3. The van der Waals surface area contributed by atoms with Crippen molar-refractivity contribution in [1.82, 2.24) is 10.6 Å². The molecular weight excluding hydrogens is 450 g/mol. The van der Waals surface area contributed by atoms with E-state index in [-0.39, 0.29) is 37.1 Å². The van der Waals surface area contributed by atoms with E-state index in [0.717, 1.165) is 21.3 Å². The van der Waals surface area contributed by atoms with E-state index >= 15 is 0 Å². The highest BCUT2D eigenvalue weighted by atomic mass is 79.9. The highest BCUT2D eigenvalue weighted by Gasteiger charge is 2.17. The molecule has 0 heterocycles. The van der Waals surface area contributed by atoms with Crippen LogP contribution >= 0.6 is 15.9 Å². The number of halogens is 1. The van der Waals surface area contributed by atoms with Gasteiger partial charge < -0.3 is 20.7 Å². The number of nitrogens with one attached hydrogen (secondary N) is 3. The first-order valence-electron chi connectivity index (χ1n) is 9.52. The zero-order chi connectivity index (χ0) is 22.1. The van der Waals surface area contributed by atoms with Crippen LogP contribution in [0, 0.1) is 6.92 Å². The predicted molar refractivity (Wildman–Crippen MR) is 119 cm³/mol. The van der Waals surface area contributed by atoms with Crippen molar-refractivity contribution in [3.05, 3.63) is 58.1 Å². The number of hydrogen-bond acceptors (Lipinski definition) is 4. The Hall–Kier alpha value is -2.87. The average molecular weight is 476 g/mol. The molecule has 0 saturated carbocycles. The lowest BCUT2D eigenvalue weighted by Gasteiger charge is -2.18. The van der Waals surface area contributed by atoms with Crippen molar-refractivity contribution in [3.8, 4) is 5.75 Å². The topological polar surface area (TPSA) is 96.5 Å². The molecule has 0 aliphatic heterocycles. The number of carbonyl (C=O) groups excluding carboxylic acids is 3. The molecule has 0 aliphatic rings. The number of hydrogen-bond donors (Lipinski definition) is 3. The highest BCUT2D eigenvalue weighted by Crippen LogP contribution is 2.21. The zero-order valence-electron chi connectivity index (χ0n) is 17.3. The summed E-state index contributed by atoms with van der Waals surface area (Å²) < 4.78 is 6.01. The third kappa shape index (κ3) is 7.51. The fourth-order valence-electron chi connectivity index (χ4n) is 2.85. The highest BCUT2D eigenvalue weighted by molar-refractivity contribution is 9.10. The van der Waals surface area contributed by atoms with Crippen LogP contribution in [0.3, 0.4) is 0 Å². The second-order valence-corrected chi connectivity index (χ2v) is 7.75. The van der Waals surface area contributed by atoms with Gasteiger partial charge in [-0.1, -0.05) is 34.1 Å². The van der Waals surface area contributed by atoms with Crippen LogP contribution in [0.4, 0.5) is 5.69 Å². The molecule has 2 aromatic rings. The van der Waals surface area contributed by atoms with E-state index in [2.05, 4.69) is 31.9 Å². The molecule has 0 spiro atoms. The Kier molecular flexibility index (Phi) is 8.86. The summed E-state index contributed by atoms with van der Waals surface area (Å²) in [5.41, 5.74) is 2.48. The molecule has 30 heavy (non-hydrogen) atoms. The average Bonchev–Trinajstić information content (AvgIpc) is 2.70. The van der Waals surface area contributed by atoms with E-state index in [1.165, 1.54) is 6.92 Å². The van der Waals surface area contributed by atoms with Crippen LogP contribution < -0.4 is 20.7 Å². The SMILES string of the molecule is COc1ccc(C(CC(=O)NCCC(=O)Nc2cc(Br)ccc2C)NC(C)=O)cc1. The summed E-state index contributed by atoms with van der Waals surface area (Å²) in [4.78, 5) is 36.0. The predicted octanol–water partition coefficient (Wildman–Crippen LogP) is 3.48. The van der Waals surface area contributed by atoms with Crippen molar-refractivity contribution in [2.24, 2.45) is 0 Å². The van der Waals surface area contributed by atoms with Crippen molar-refractivity contribution >= 4 is 39.3 Å². The molecule has 0 bridgehead atoms. The van der Waals surface area contributed by atoms with Crippen molar-refractivity contribution in [2.45, 2.75) is 32.7 Å². The van der Waals surface area contributed by atoms with Crippen LogP contribution in [-0.4, -0.2) is 31.4 Å². The van der Waals surface area contributed by atoms with Crippen LogP contribution in [0.2, 0.25) is 0 Å². The lowest BCUT2D eigenvalue weighted by atomic mass is 10.0. The smallest absolute Gasteiger partial charge is 0.226 e. The number of amides is 3. The summed E-state index contributed by atoms with van der Waals surface area (Å²) in [5.74, 6) is 0.0185. The molecule has 0 fully saturated rings. The Morgan fingerprint density at radius 2 is 1.77 bits per heavy atom. The fraction of sp³-hybridized carbons (Fsp3) is 0.318. The third-order valence-electron chi connectivity index (χ3n) is 4.43. The number of rotatable bonds is 9. The molecule has 160 valence electrons. The Bertz CT molecular complexity index is 900. The molecule has 3 N–H and O–H groups in total. The van der Waals surface area contributed by atoms with Crippen molar-refractivity contribution in [2.75, 3.05) is 19.0 Å². The van der Waals surface area contributed by atoms with Gasteiger partial charge in [-0.3, -0.25) is 14.4 Å². The van der Waals surface area contributed by atoms with E-state index in [9.17, 15) is 14.4 Å². The fourth-order valence-corrected chi connectivity index (χ4v) is 3.21. The Morgan fingerprint density at radius 3 is 2.40 bits per heavy atom. The van der Waals surface area contributed by atoms with Crippen LogP contribution in [-0.2, 0) is 14.4 Å². The molecule has 8 heteroatoms. The summed E-state index contributed by atoms with van der Waals surface area (Å²) in [6.07, 6.45) is 0.212. The zero-order valence-corrected chi connectivity index (χ0v) is 18.8. The summed E-state index contributed by atoms with van der Waals surface area (Å²) in [7, 11) is 1.57. The molecule has 1 atom stereocenters. The Balaban J connectivity index is 1.86. The second-order valence-electron chi connectivity index (χ2n) is 6.84. The Morgan fingerprint density at radius 1 is 1.07 bits per heavy atom. The molecule has 0 aromatic heterocycles. The van der Waals surface area contributed by atoms with Gasteiger partial charge in [0.05, 0.1) is 19.6 Å². The van der Waals surface area contributed by atoms with Crippen molar-refractivity contribution < 1.29 is 19.1 Å². The maximum atomic E-state index is 12.3. The van der Waals surface area contributed by atoms with Gasteiger partial charge in [-0.15, -0.1) is 0 Å². The van der Waals surface area contributed by atoms with E-state index in [0.29, 0.717) is 5.75 Å². The monoisotopic (exact) mass is 475 g/mol. The van der Waals surface area contributed by atoms with Gasteiger partial charge in [-0.2, -0.15) is 0 Å². The molecule has 3 amide bonds. The van der Waals surface area contributed by atoms with Gasteiger partial charge in [-0.05, 0) is 42.3 Å². The molecule has 7 nitrogen and oxygen atoms in total. The number of methoxy groups -OCH3 is 1. The van der Waals surface area contributed by atoms with Gasteiger partial charge in [0.15, 0.2) is 0 Å². The van der Waals surface area contributed by atoms with Crippen LogP contribution in [0.1, 0.15) is 36.9 Å². The van der Waals surface area contributed by atoms with E-state index in [1.54, 1.807) is 31.4 Å². The first kappa shape index (κ1) is 23.4. The lowest BCUT2D eigenvalue weighted by molar-refractivity contribution is -0.122. The molecule has 2 aromatic carbocycles. The van der Waals surface area contributed by atoms with Crippen LogP contribution in [0.5, 0.6) is 5.75 Å². The first-order chi connectivity index (χ1) is 14.3. The number of aryl methyl sites for hydroxylation is 1. The van der Waals surface area contributed by atoms with E-state index in [1.807, 2.05) is 25.1 Å². The summed E-state index contributed by atoms with van der Waals surface area (Å²) >= 11 is 3.38. The normalized spacial score (nSPS) is 11.3. The molecule has 0 radical (unpaired) electrons. The molecule has 1 unspecified atom stereocenters. The first-order valence-corrected chi connectivity index (χ1v) is 10.3. The van der Waals surface area contributed by atoms with E-state index in [4.69, 9.17) is 4.74 Å². The lowest BCUT2D eigenvalue weighted by Crippen LogP contribution is -2.33. The minimum absolute atomic E-state index is 0.0677.